The zero-order valence-electron chi connectivity index (χ0n) is 15.7. The largest absolute Gasteiger partial charge is 0.490 e. The molecule has 31 heavy (non-hydrogen) atoms. The molecule has 4 nitrogen and oxygen atoms in total. The average Bonchev–Trinajstić information content (AvgIpc) is 2.69. The van der Waals surface area contributed by atoms with Crippen LogP contribution in [0.3, 0.4) is 0 Å². The van der Waals surface area contributed by atoms with E-state index >= 15 is 0 Å². The van der Waals surface area contributed by atoms with Crippen molar-refractivity contribution >= 4 is 21.4 Å². The van der Waals surface area contributed by atoms with Crippen LogP contribution in [0.5, 0.6) is 5.75 Å². The number of hydrogen-bond donors (Lipinski definition) is 1. The molecule has 0 saturated heterocycles. The molecule has 1 aliphatic carbocycles. The van der Waals surface area contributed by atoms with Crippen molar-refractivity contribution < 1.29 is 40.2 Å². The molecular formula is C20H16ClF5O4S. The summed E-state index contributed by atoms with van der Waals surface area (Å²) in [7, 11) is -4.57. The average molecular weight is 483 g/mol. The monoisotopic (exact) mass is 482 g/mol. The SMILES string of the molecule is O=S(=O)(c1ccc(Cl)cc1)[C@@]12CC[C@@](O)(C(F)(F)F)CC1COc1c(F)ccc(F)c12. The third-order valence-corrected chi connectivity index (χ3v) is 9.04. The summed E-state index contributed by atoms with van der Waals surface area (Å²) < 4.78 is 101. The van der Waals surface area contributed by atoms with Crippen molar-refractivity contribution in [1.82, 2.24) is 0 Å². The van der Waals surface area contributed by atoms with E-state index in [-0.39, 0.29) is 9.92 Å². The fourth-order valence-electron chi connectivity index (χ4n) is 4.62. The van der Waals surface area contributed by atoms with Crippen LogP contribution in [-0.4, -0.2) is 31.9 Å². The van der Waals surface area contributed by atoms with Gasteiger partial charge in [0.1, 0.15) is 10.6 Å². The molecule has 1 unspecified atom stereocenters. The molecule has 2 aromatic rings. The Kier molecular flexibility index (Phi) is 5.07. The smallest absolute Gasteiger partial charge is 0.417 e. The van der Waals surface area contributed by atoms with Crippen LogP contribution in [-0.2, 0) is 14.6 Å². The molecule has 1 N–H and O–H groups in total. The van der Waals surface area contributed by atoms with Gasteiger partial charge in [0, 0.05) is 10.9 Å². The van der Waals surface area contributed by atoms with Gasteiger partial charge in [-0.05, 0) is 55.7 Å². The Balaban J connectivity index is 1.99. The molecule has 0 bridgehead atoms. The van der Waals surface area contributed by atoms with E-state index in [0.717, 1.165) is 18.2 Å². The highest BCUT2D eigenvalue weighted by molar-refractivity contribution is 7.92. The lowest BCUT2D eigenvalue weighted by molar-refractivity contribution is -0.278. The zero-order valence-corrected chi connectivity index (χ0v) is 17.3. The van der Waals surface area contributed by atoms with Crippen LogP contribution < -0.4 is 4.74 Å². The fraction of sp³-hybridized carbons (Fsp3) is 0.400. The van der Waals surface area contributed by atoms with E-state index in [0.29, 0.717) is 6.07 Å². The van der Waals surface area contributed by atoms with Gasteiger partial charge < -0.3 is 9.84 Å². The minimum atomic E-state index is -5.04. The number of alkyl halides is 3. The summed E-state index contributed by atoms with van der Waals surface area (Å²) in [5.74, 6) is -4.28. The van der Waals surface area contributed by atoms with Crippen LogP contribution in [0.2, 0.25) is 5.02 Å². The second-order valence-electron chi connectivity index (χ2n) is 7.82. The Morgan fingerprint density at radius 3 is 2.26 bits per heavy atom. The Labute approximate surface area is 179 Å². The minimum absolute atomic E-state index is 0.215. The van der Waals surface area contributed by atoms with E-state index < -0.39 is 81.1 Å². The summed E-state index contributed by atoms with van der Waals surface area (Å²) in [6.07, 6.45) is -7.87. The first-order valence-corrected chi connectivity index (χ1v) is 11.1. The van der Waals surface area contributed by atoms with Gasteiger partial charge in [-0.15, -0.1) is 0 Å². The Morgan fingerprint density at radius 1 is 1.03 bits per heavy atom. The number of halogens is 6. The first kappa shape index (κ1) is 22.3. The molecule has 0 radical (unpaired) electrons. The molecule has 1 heterocycles. The lowest BCUT2D eigenvalue weighted by Gasteiger charge is -2.51. The number of hydrogen-bond acceptors (Lipinski definition) is 4. The lowest BCUT2D eigenvalue weighted by Crippen LogP contribution is -2.60. The molecule has 1 saturated carbocycles. The van der Waals surface area contributed by atoms with Crippen LogP contribution in [0, 0.1) is 17.6 Å². The highest BCUT2D eigenvalue weighted by atomic mass is 35.5. The van der Waals surface area contributed by atoms with Crippen LogP contribution >= 0.6 is 11.6 Å². The van der Waals surface area contributed by atoms with Gasteiger partial charge in [-0.3, -0.25) is 0 Å². The molecular weight excluding hydrogens is 467 g/mol. The number of fused-ring (bicyclic) bond motifs is 3. The van der Waals surface area contributed by atoms with E-state index in [1.165, 1.54) is 12.1 Å². The molecule has 4 rings (SSSR count). The molecule has 0 amide bonds. The highest BCUT2D eigenvalue weighted by Gasteiger charge is 2.67. The van der Waals surface area contributed by atoms with Crippen LogP contribution in [0.4, 0.5) is 22.0 Å². The summed E-state index contributed by atoms with van der Waals surface area (Å²) in [4.78, 5) is -0.309. The number of sulfone groups is 1. The summed E-state index contributed by atoms with van der Waals surface area (Å²) in [6, 6.07) is 6.32. The molecule has 1 aliphatic heterocycles. The standard InChI is InChI=1S/C20H16ClF5O4S/c21-12-1-3-13(4-2-12)31(28,29)19-8-7-18(27,20(24,25)26)9-11(19)10-30-17-15(23)6-5-14(22)16(17)19/h1-6,11,27H,7-10H2/t11?,18-,19-/m0/s1. The highest BCUT2D eigenvalue weighted by Crippen LogP contribution is 2.60. The summed E-state index contributed by atoms with van der Waals surface area (Å²) in [5, 5.41) is 10.5. The Hall–Kier alpha value is -1.91. The van der Waals surface area contributed by atoms with Gasteiger partial charge in [0.25, 0.3) is 0 Å². The van der Waals surface area contributed by atoms with E-state index in [1.54, 1.807) is 0 Å². The van der Waals surface area contributed by atoms with E-state index in [1.807, 2.05) is 0 Å². The van der Waals surface area contributed by atoms with Gasteiger partial charge in [-0.2, -0.15) is 13.2 Å². The third-order valence-electron chi connectivity index (χ3n) is 6.20. The summed E-state index contributed by atoms with van der Waals surface area (Å²) in [6.45, 7) is -0.640. The summed E-state index contributed by atoms with van der Waals surface area (Å²) in [5.41, 5.74) is -3.83. The number of rotatable bonds is 2. The first-order chi connectivity index (χ1) is 14.3. The maximum absolute atomic E-state index is 15.0. The van der Waals surface area contributed by atoms with Crippen LogP contribution in [0.1, 0.15) is 24.8 Å². The molecule has 0 spiro atoms. The van der Waals surface area contributed by atoms with Crippen molar-refractivity contribution in [2.45, 2.75) is 40.7 Å². The van der Waals surface area contributed by atoms with Gasteiger partial charge >= 0.3 is 6.18 Å². The molecule has 3 atom stereocenters. The number of ether oxygens (including phenoxy) is 1. The number of benzene rings is 2. The fourth-order valence-corrected chi connectivity index (χ4v) is 7.08. The molecule has 11 heteroatoms. The normalized spacial score (nSPS) is 28.4. The molecule has 0 aromatic heterocycles. The van der Waals surface area contributed by atoms with Gasteiger partial charge in [0.2, 0.25) is 0 Å². The van der Waals surface area contributed by atoms with Crippen molar-refractivity contribution in [2.24, 2.45) is 5.92 Å². The minimum Gasteiger partial charge on any atom is -0.490 e. The lowest BCUT2D eigenvalue weighted by atomic mass is 9.67. The summed E-state index contributed by atoms with van der Waals surface area (Å²) >= 11 is 5.82. The second kappa shape index (κ2) is 7.05. The van der Waals surface area contributed by atoms with E-state index in [2.05, 4.69) is 0 Å². The van der Waals surface area contributed by atoms with Crippen molar-refractivity contribution in [3.05, 3.63) is 58.6 Å². The van der Waals surface area contributed by atoms with Crippen molar-refractivity contribution in [3.63, 3.8) is 0 Å². The number of aliphatic hydroxyl groups is 1. The Bertz CT molecular complexity index is 1140. The third kappa shape index (κ3) is 3.14. The second-order valence-corrected chi connectivity index (χ2v) is 10.5. The van der Waals surface area contributed by atoms with Gasteiger partial charge in [0.15, 0.2) is 27.0 Å². The topological polar surface area (TPSA) is 63.6 Å². The molecule has 2 aliphatic rings. The van der Waals surface area contributed by atoms with Crippen molar-refractivity contribution in [3.8, 4) is 5.75 Å². The zero-order chi connectivity index (χ0) is 22.8. The first-order valence-electron chi connectivity index (χ1n) is 9.24. The van der Waals surface area contributed by atoms with E-state index in [4.69, 9.17) is 16.3 Å². The van der Waals surface area contributed by atoms with Gasteiger partial charge in [-0.1, -0.05) is 11.6 Å². The van der Waals surface area contributed by atoms with Gasteiger partial charge in [-0.25, -0.2) is 17.2 Å². The van der Waals surface area contributed by atoms with Crippen molar-refractivity contribution in [2.75, 3.05) is 6.61 Å². The van der Waals surface area contributed by atoms with Crippen LogP contribution in [0.15, 0.2) is 41.3 Å². The Morgan fingerprint density at radius 2 is 1.65 bits per heavy atom. The molecule has 168 valence electrons. The maximum atomic E-state index is 15.0. The molecule has 2 aromatic carbocycles. The van der Waals surface area contributed by atoms with E-state index in [9.17, 15) is 35.5 Å². The maximum Gasteiger partial charge on any atom is 0.417 e. The van der Waals surface area contributed by atoms with Crippen LogP contribution in [0.25, 0.3) is 0 Å². The molecule has 1 fully saturated rings. The quantitative estimate of drug-likeness (QED) is 0.626. The predicted octanol–water partition coefficient (Wildman–Crippen LogP) is 4.77. The van der Waals surface area contributed by atoms with Crippen molar-refractivity contribution in [1.29, 1.82) is 0 Å². The predicted molar refractivity (Wildman–Crippen MR) is 101 cm³/mol. The van der Waals surface area contributed by atoms with Gasteiger partial charge in [0.05, 0.1) is 17.1 Å².